The molecule has 0 atom stereocenters. The van der Waals surface area contributed by atoms with Crippen LogP contribution in [-0.2, 0) is 0 Å². The van der Waals surface area contributed by atoms with Crippen LogP contribution in [0.3, 0.4) is 0 Å². The third-order valence-corrected chi connectivity index (χ3v) is 5.99. The van der Waals surface area contributed by atoms with Gasteiger partial charge in [-0.1, -0.05) is 12.8 Å². The summed E-state index contributed by atoms with van der Waals surface area (Å²) < 4.78 is 0. The minimum absolute atomic E-state index is 0.456. The number of aliphatic imine (C=N–C) groups is 1. The molecule has 1 aromatic rings. The zero-order valence-electron chi connectivity index (χ0n) is 14.6. The predicted molar refractivity (Wildman–Crippen MR) is 102 cm³/mol. The molecule has 134 valence electrons. The molecule has 6 heteroatoms. The van der Waals surface area contributed by atoms with Crippen LogP contribution in [0.2, 0.25) is 0 Å². The second-order valence-electron chi connectivity index (χ2n) is 6.98. The lowest BCUT2D eigenvalue weighted by Gasteiger charge is -2.33. The van der Waals surface area contributed by atoms with Gasteiger partial charge in [0.25, 0.3) is 0 Å². The fraction of sp³-hybridized carbons (Fsp3) is 0.722. The van der Waals surface area contributed by atoms with Crippen molar-refractivity contribution in [3.05, 3.63) is 17.5 Å². The van der Waals surface area contributed by atoms with E-state index in [2.05, 4.69) is 45.0 Å². The maximum atomic E-state index is 10.5. The number of thiophene rings is 1. The Hall–Kier alpha value is -1.27. The van der Waals surface area contributed by atoms with Gasteiger partial charge in [0.1, 0.15) is 0 Å². The Morgan fingerprint density at radius 3 is 2.75 bits per heavy atom. The van der Waals surface area contributed by atoms with E-state index in [1.807, 2.05) is 11.3 Å². The highest BCUT2D eigenvalue weighted by molar-refractivity contribution is 7.14. The molecule has 3 rings (SSSR count). The van der Waals surface area contributed by atoms with Gasteiger partial charge in [0.2, 0.25) is 0 Å². The van der Waals surface area contributed by atoms with Crippen LogP contribution in [0.4, 0.5) is 5.00 Å². The third kappa shape index (κ3) is 4.63. The van der Waals surface area contributed by atoms with Crippen molar-refractivity contribution in [1.82, 2.24) is 10.6 Å². The van der Waals surface area contributed by atoms with Crippen LogP contribution >= 0.6 is 11.3 Å². The molecule has 3 N–H and O–H groups in total. The number of aliphatic hydroxyl groups is 1. The summed E-state index contributed by atoms with van der Waals surface area (Å²) in [7, 11) is 0. The first-order chi connectivity index (χ1) is 11.7. The van der Waals surface area contributed by atoms with Gasteiger partial charge in [-0.2, -0.15) is 0 Å². The molecule has 0 bridgehead atoms. The molecule has 0 amide bonds. The lowest BCUT2D eigenvalue weighted by Crippen LogP contribution is -2.49. The summed E-state index contributed by atoms with van der Waals surface area (Å²) in [5, 5.41) is 20.9. The lowest BCUT2D eigenvalue weighted by molar-refractivity contribution is 0.0574. The van der Waals surface area contributed by atoms with Gasteiger partial charge in [-0.3, -0.25) is 4.99 Å². The fourth-order valence-electron chi connectivity index (χ4n) is 3.62. The van der Waals surface area contributed by atoms with Crippen molar-refractivity contribution in [3.8, 4) is 0 Å². The number of hydrogen-bond donors (Lipinski definition) is 3. The minimum atomic E-state index is -0.578. The van der Waals surface area contributed by atoms with E-state index in [-0.39, 0.29) is 0 Å². The molecule has 1 aliphatic heterocycles. The summed E-state index contributed by atoms with van der Waals surface area (Å²) in [6, 6.07) is 4.78. The number of nitrogens with zero attached hydrogens (tertiary/aromatic N) is 2. The standard InChI is InChI=1S/C18H30N4OS/c1-2-19-17(20-14-18(23)9-3-4-10-18)21-15-7-11-22(12-8-15)16-6-5-13-24-16/h5-6,13,15,23H,2-4,7-12,14H2,1H3,(H2,19,20,21). The number of hydrogen-bond acceptors (Lipinski definition) is 4. The summed E-state index contributed by atoms with van der Waals surface area (Å²) in [5.41, 5.74) is -0.578. The Labute approximate surface area is 149 Å². The molecule has 0 unspecified atom stereocenters. The number of rotatable bonds is 5. The van der Waals surface area contributed by atoms with Gasteiger partial charge in [0.15, 0.2) is 5.96 Å². The Bertz CT molecular complexity index is 517. The second-order valence-corrected chi connectivity index (χ2v) is 7.91. The monoisotopic (exact) mass is 350 g/mol. The Morgan fingerprint density at radius 1 is 1.38 bits per heavy atom. The van der Waals surface area contributed by atoms with Crippen LogP contribution in [0.5, 0.6) is 0 Å². The summed E-state index contributed by atoms with van der Waals surface area (Å²) >= 11 is 1.82. The van der Waals surface area contributed by atoms with Crippen molar-refractivity contribution in [2.45, 2.75) is 57.1 Å². The molecule has 5 nitrogen and oxygen atoms in total. The van der Waals surface area contributed by atoms with Crippen molar-refractivity contribution in [1.29, 1.82) is 0 Å². The molecule has 0 aromatic carbocycles. The van der Waals surface area contributed by atoms with Gasteiger partial charge in [-0.05, 0) is 50.1 Å². The molecule has 0 radical (unpaired) electrons. The van der Waals surface area contributed by atoms with Crippen molar-refractivity contribution < 1.29 is 5.11 Å². The maximum Gasteiger partial charge on any atom is 0.191 e. The number of nitrogens with one attached hydrogen (secondary N) is 2. The van der Waals surface area contributed by atoms with E-state index in [0.717, 1.165) is 64.1 Å². The first-order valence-electron chi connectivity index (χ1n) is 9.24. The van der Waals surface area contributed by atoms with E-state index in [9.17, 15) is 5.11 Å². The van der Waals surface area contributed by atoms with Crippen LogP contribution < -0.4 is 15.5 Å². The van der Waals surface area contributed by atoms with E-state index in [4.69, 9.17) is 0 Å². The van der Waals surface area contributed by atoms with E-state index in [0.29, 0.717) is 12.6 Å². The van der Waals surface area contributed by atoms with Gasteiger partial charge in [0, 0.05) is 25.7 Å². The molecule has 1 saturated heterocycles. The van der Waals surface area contributed by atoms with Crippen molar-refractivity contribution in [2.75, 3.05) is 31.1 Å². The van der Waals surface area contributed by atoms with Crippen molar-refractivity contribution in [2.24, 2.45) is 4.99 Å². The van der Waals surface area contributed by atoms with E-state index < -0.39 is 5.60 Å². The van der Waals surface area contributed by atoms with Crippen LogP contribution in [0, 0.1) is 0 Å². The molecule has 2 fully saturated rings. The number of piperidine rings is 1. The molecule has 1 aromatic heterocycles. The van der Waals surface area contributed by atoms with Gasteiger partial charge >= 0.3 is 0 Å². The van der Waals surface area contributed by atoms with E-state index in [1.165, 1.54) is 5.00 Å². The summed E-state index contributed by atoms with van der Waals surface area (Å²) in [4.78, 5) is 7.13. The molecule has 2 heterocycles. The maximum absolute atomic E-state index is 10.5. The Morgan fingerprint density at radius 2 is 2.12 bits per heavy atom. The molecular weight excluding hydrogens is 320 g/mol. The lowest BCUT2D eigenvalue weighted by atomic mass is 10.0. The highest BCUT2D eigenvalue weighted by atomic mass is 32.1. The zero-order chi connectivity index (χ0) is 16.8. The van der Waals surface area contributed by atoms with Gasteiger partial charge < -0.3 is 20.6 Å². The average Bonchev–Trinajstić information content (AvgIpc) is 3.26. The average molecular weight is 351 g/mol. The summed E-state index contributed by atoms with van der Waals surface area (Å²) in [5.74, 6) is 0.854. The summed E-state index contributed by atoms with van der Waals surface area (Å²) in [6.45, 7) is 5.61. The topological polar surface area (TPSA) is 59.9 Å². The Kier molecular flexibility index (Phi) is 6.00. The minimum Gasteiger partial charge on any atom is -0.388 e. The molecule has 1 saturated carbocycles. The fourth-order valence-corrected chi connectivity index (χ4v) is 4.41. The predicted octanol–water partition coefficient (Wildman–Crippen LogP) is 2.58. The first-order valence-corrected chi connectivity index (χ1v) is 10.1. The van der Waals surface area contributed by atoms with Gasteiger partial charge in [-0.15, -0.1) is 11.3 Å². The van der Waals surface area contributed by atoms with Crippen LogP contribution in [0.15, 0.2) is 22.5 Å². The Balaban J connectivity index is 1.50. The molecule has 24 heavy (non-hydrogen) atoms. The normalized spacial score (nSPS) is 21.9. The second kappa shape index (κ2) is 8.21. The van der Waals surface area contributed by atoms with Crippen molar-refractivity contribution in [3.63, 3.8) is 0 Å². The zero-order valence-corrected chi connectivity index (χ0v) is 15.4. The number of guanidine groups is 1. The quantitative estimate of drug-likeness (QED) is 0.564. The van der Waals surface area contributed by atoms with Crippen LogP contribution in [-0.4, -0.2) is 48.9 Å². The molecule has 1 aliphatic carbocycles. The van der Waals surface area contributed by atoms with Crippen molar-refractivity contribution >= 4 is 22.3 Å². The molecule has 2 aliphatic rings. The van der Waals surface area contributed by atoms with Crippen LogP contribution in [0.25, 0.3) is 0 Å². The highest BCUT2D eigenvalue weighted by Crippen LogP contribution is 2.29. The number of anilines is 1. The largest absolute Gasteiger partial charge is 0.388 e. The van der Waals surface area contributed by atoms with Crippen LogP contribution in [0.1, 0.15) is 45.4 Å². The smallest absolute Gasteiger partial charge is 0.191 e. The van der Waals surface area contributed by atoms with E-state index >= 15 is 0 Å². The third-order valence-electron chi connectivity index (χ3n) is 5.06. The molecular formula is C18H30N4OS. The molecule has 0 spiro atoms. The highest BCUT2D eigenvalue weighted by Gasteiger charge is 2.31. The summed E-state index contributed by atoms with van der Waals surface area (Å²) in [6.07, 6.45) is 6.25. The van der Waals surface area contributed by atoms with Gasteiger partial charge in [-0.25, -0.2) is 0 Å². The first kappa shape index (κ1) is 17.5. The van der Waals surface area contributed by atoms with Gasteiger partial charge in [0.05, 0.1) is 17.1 Å². The SMILES string of the molecule is CCNC(=NCC1(O)CCCC1)NC1CCN(c2cccs2)CC1. The van der Waals surface area contributed by atoms with E-state index in [1.54, 1.807) is 0 Å².